The first kappa shape index (κ1) is 13.4. The molecule has 1 aromatic heterocycles. The van der Waals surface area contributed by atoms with E-state index in [1.54, 1.807) is 4.57 Å². The van der Waals surface area contributed by atoms with Crippen molar-refractivity contribution in [3.05, 3.63) is 64.2 Å². The number of aromatic nitrogens is 2. The first-order valence-electron chi connectivity index (χ1n) is 7.90. The Morgan fingerprint density at radius 1 is 1.08 bits per heavy atom. The van der Waals surface area contributed by atoms with Gasteiger partial charge in [-0.2, -0.15) is 0 Å². The zero-order chi connectivity index (χ0) is 16.1. The van der Waals surface area contributed by atoms with Crippen LogP contribution in [0.15, 0.2) is 47.3 Å². The smallest absolute Gasteiger partial charge is 0.261 e. The van der Waals surface area contributed by atoms with Crippen LogP contribution in [-0.2, 0) is 6.54 Å². The normalized spacial score (nSPS) is 16.8. The molecule has 0 unspecified atom stereocenters. The highest BCUT2D eigenvalue weighted by atomic mass is 16.7. The Bertz CT molecular complexity index is 1070. The summed E-state index contributed by atoms with van der Waals surface area (Å²) in [5.74, 6) is 2.28. The Morgan fingerprint density at radius 3 is 2.92 bits per heavy atom. The standard InChI is InChI=1S/C19H14N2O3/c22-19-14-3-1-2-4-15(14)20-18-13(7-8-21(18)19)9-12-5-6-16-17(10-12)24-11-23-16/h1-6,9-10H,7-8,11H2/b13-9-. The number of benzene rings is 2. The van der Waals surface area contributed by atoms with Crippen LogP contribution in [0.25, 0.3) is 22.6 Å². The number of allylic oxidation sites excluding steroid dienone is 1. The van der Waals surface area contributed by atoms with Gasteiger partial charge in [-0.3, -0.25) is 9.36 Å². The van der Waals surface area contributed by atoms with Crippen LogP contribution in [0.5, 0.6) is 11.5 Å². The number of hydrogen-bond acceptors (Lipinski definition) is 4. The minimum absolute atomic E-state index is 0.0321. The average Bonchev–Trinajstić information content (AvgIpc) is 3.22. The summed E-state index contributed by atoms with van der Waals surface area (Å²) in [5.41, 5.74) is 2.86. The Labute approximate surface area is 137 Å². The molecule has 0 amide bonds. The lowest BCUT2D eigenvalue weighted by Crippen LogP contribution is -2.20. The maximum absolute atomic E-state index is 12.6. The quantitative estimate of drug-likeness (QED) is 0.692. The second-order valence-corrected chi connectivity index (χ2v) is 5.94. The van der Waals surface area contributed by atoms with E-state index in [4.69, 9.17) is 14.5 Å². The molecule has 0 atom stereocenters. The Balaban J connectivity index is 1.65. The van der Waals surface area contributed by atoms with Crippen LogP contribution in [0.2, 0.25) is 0 Å². The predicted octanol–water partition coefficient (Wildman–Crippen LogP) is 3.07. The molecule has 2 aliphatic rings. The summed E-state index contributed by atoms with van der Waals surface area (Å²) in [6, 6.07) is 13.3. The van der Waals surface area contributed by atoms with Crippen molar-refractivity contribution in [1.82, 2.24) is 9.55 Å². The van der Waals surface area contributed by atoms with Gasteiger partial charge in [-0.1, -0.05) is 18.2 Å². The summed E-state index contributed by atoms with van der Waals surface area (Å²) in [6.07, 6.45) is 2.87. The van der Waals surface area contributed by atoms with Crippen molar-refractivity contribution in [3.8, 4) is 11.5 Å². The van der Waals surface area contributed by atoms with Crippen molar-refractivity contribution in [2.45, 2.75) is 13.0 Å². The lowest BCUT2D eigenvalue weighted by atomic mass is 10.1. The van der Waals surface area contributed by atoms with Crippen molar-refractivity contribution < 1.29 is 9.47 Å². The van der Waals surface area contributed by atoms with Gasteiger partial charge in [0.1, 0.15) is 5.82 Å². The molecule has 0 N–H and O–H groups in total. The molecular formula is C19H14N2O3. The summed E-state index contributed by atoms with van der Waals surface area (Å²) in [5, 5.41) is 0.672. The molecule has 0 bridgehead atoms. The summed E-state index contributed by atoms with van der Waals surface area (Å²) < 4.78 is 12.5. The maximum Gasteiger partial charge on any atom is 0.261 e. The number of hydrogen-bond donors (Lipinski definition) is 0. The summed E-state index contributed by atoms with van der Waals surface area (Å²) >= 11 is 0. The van der Waals surface area contributed by atoms with E-state index >= 15 is 0 Å². The lowest BCUT2D eigenvalue weighted by molar-refractivity contribution is 0.174. The monoisotopic (exact) mass is 318 g/mol. The highest BCUT2D eigenvalue weighted by Crippen LogP contribution is 2.34. The van der Waals surface area contributed by atoms with Gasteiger partial charge in [-0.25, -0.2) is 4.98 Å². The first-order chi connectivity index (χ1) is 11.8. The molecule has 2 aromatic carbocycles. The van der Waals surface area contributed by atoms with Crippen molar-refractivity contribution >= 4 is 22.6 Å². The minimum atomic E-state index is 0.0321. The molecule has 24 heavy (non-hydrogen) atoms. The van der Waals surface area contributed by atoms with E-state index in [0.717, 1.165) is 40.4 Å². The van der Waals surface area contributed by atoms with Crippen LogP contribution in [0, 0.1) is 0 Å². The molecule has 5 rings (SSSR count). The predicted molar refractivity (Wildman–Crippen MR) is 91.1 cm³/mol. The van der Waals surface area contributed by atoms with E-state index in [9.17, 15) is 4.79 Å². The zero-order valence-electron chi connectivity index (χ0n) is 12.9. The summed E-state index contributed by atoms with van der Waals surface area (Å²) in [7, 11) is 0. The van der Waals surface area contributed by atoms with E-state index in [-0.39, 0.29) is 12.4 Å². The maximum atomic E-state index is 12.6. The fourth-order valence-corrected chi connectivity index (χ4v) is 3.31. The van der Waals surface area contributed by atoms with Crippen molar-refractivity contribution in [2.75, 3.05) is 6.79 Å². The molecule has 2 aliphatic heterocycles. The SMILES string of the molecule is O=c1c2ccccc2nc2n1CC/C2=C/c1ccc2c(c1)OCO2. The van der Waals surface area contributed by atoms with Gasteiger partial charge in [0.25, 0.3) is 5.56 Å². The van der Waals surface area contributed by atoms with Gasteiger partial charge in [0.05, 0.1) is 10.9 Å². The number of nitrogens with zero attached hydrogens (tertiary/aromatic N) is 2. The van der Waals surface area contributed by atoms with E-state index in [1.807, 2.05) is 42.5 Å². The molecule has 0 spiro atoms. The molecule has 5 nitrogen and oxygen atoms in total. The van der Waals surface area contributed by atoms with Gasteiger partial charge in [0.2, 0.25) is 6.79 Å². The van der Waals surface area contributed by atoms with Crippen molar-refractivity contribution in [2.24, 2.45) is 0 Å². The molecule has 118 valence electrons. The number of fused-ring (bicyclic) bond motifs is 3. The molecule has 3 heterocycles. The second kappa shape index (κ2) is 4.96. The highest BCUT2D eigenvalue weighted by molar-refractivity contribution is 5.85. The second-order valence-electron chi connectivity index (χ2n) is 5.94. The average molecular weight is 318 g/mol. The highest BCUT2D eigenvalue weighted by Gasteiger charge is 2.21. The number of para-hydroxylation sites is 1. The van der Waals surface area contributed by atoms with Gasteiger partial charge >= 0.3 is 0 Å². The van der Waals surface area contributed by atoms with Crippen LogP contribution in [0.4, 0.5) is 0 Å². The molecule has 3 aromatic rings. The van der Waals surface area contributed by atoms with Gasteiger partial charge in [-0.05, 0) is 47.9 Å². The van der Waals surface area contributed by atoms with Crippen LogP contribution >= 0.6 is 0 Å². The summed E-state index contributed by atoms with van der Waals surface area (Å²) in [6.45, 7) is 0.934. The largest absolute Gasteiger partial charge is 0.454 e. The molecule has 0 aliphatic carbocycles. The lowest BCUT2D eigenvalue weighted by Gasteiger charge is -2.05. The number of rotatable bonds is 1. The Kier molecular flexibility index (Phi) is 2.76. The summed E-state index contributed by atoms with van der Waals surface area (Å²) in [4.78, 5) is 17.3. The van der Waals surface area contributed by atoms with Crippen molar-refractivity contribution in [3.63, 3.8) is 0 Å². The third-order valence-corrected chi connectivity index (χ3v) is 4.49. The Morgan fingerprint density at radius 2 is 1.96 bits per heavy atom. The third kappa shape index (κ3) is 1.94. The van der Waals surface area contributed by atoms with Crippen LogP contribution in [0.3, 0.4) is 0 Å². The number of ether oxygens (including phenoxy) is 2. The van der Waals surface area contributed by atoms with Crippen LogP contribution in [0.1, 0.15) is 17.8 Å². The van der Waals surface area contributed by atoms with Crippen LogP contribution < -0.4 is 15.0 Å². The van der Waals surface area contributed by atoms with E-state index in [1.165, 1.54) is 0 Å². The van der Waals surface area contributed by atoms with Gasteiger partial charge in [-0.15, -0.1) is 0 Å². The molecule has 0 saturated heterocycles. The fourth-order valence-electron chi connectivity index (χ4n) is 3.31. The fraction of sp³-hybridized carbons (Fsp3) is 0.158. The van der Waals surface area contributed by atoms with E-state index < -0.39 is 0 Å². The van der Waals surface area contributed by atoms with Gasteiger partial charge < -0.3 is 9.47 Å². The molecule has 0 fully saturated rings. The Hall–Kier alpha value is -3.08. The van der Waals surface area contributed by atoms with Gasteiger partial charge in [0.15, 0.2) is 11.5 Å². The van der Waals surface area contributed by atoms with Gasteiger partial charge in [0, 0.05) is 6.54 Å². The zero-order valence-corrected chi connectivity index (χ0v) is 12.9. The van der Waals surface area contributed by atoms with Crippen LogP contribution in [-0.4, -0.2) is 16.3 Å². The molecule has 0 saturated carbocycles. The van der Waals surface area contributed by atoms with Crippen molar-refractivity contribution in [1.29, 1.82) is 0 Å². The topological polar surface area (TPSA) is 53.4 Å². The van der Waals surface area contributed by atoms with E-state index in [0.29, 0.717) is 11.9 Å². The first-order valence-corrected chi connectivity index (χ1v) is 7.90. The minimum Gasteiger partial charge on any atom is -0.454 e. The third-order valence-electron chi connectivity index (χ3n) is 4.49. The molecule has 5 heteroatoms. The van der Waals surface area contributed by atoms with E-state index in [2.05, 4.69) is 6.08 Å². The molecule has 0 radical (unpaired) electrons. The molecular weight excluding hydrogens is 304 g/mol.